The molecule has 0 spiro atoms. The molecule has 7 heteroatoms. The average Bonchev–Trinajstić information content (AvgIpc) is 3.09. The zero-order valence-corrected chi connectivity index (χ0v) is 17.1. The molecule has 2 atom stereocenters. The minimum Gasteiger partial charge on any atom is -0.346 e. The summed E-state index contributed by atoms with van der Waals surface area (Å²) in [4.78, 5) is 26.3. The van der Waals surface area contributed by atoms with E-state index in [2.05, 4.69) is 5.32 Å². The van der Waals surface area contributed by atoms with Crippen LogP contribution in [0.3, 0.4) is 0 Å². The number of rotatable bonds is 6. The van der Waals surface area contributed by atoms with E-state index in [1.54, 1.807) is 11.0 Å². The Balaban J connectivity index is 1.57. The van der Waals surface area contributed by atoms with Crippen LogP contribution in [0.15, 0.2) is 48.5 Å². The smallest absolute Gasteiger partial charge is 0.315 e. The van der Waals surface area contributed by atoms with E-state index in [0.717, 1.165) is 36.0 Å². The molecular weight excluding hydrogens is 405 g/mol. The average molecular weight is 430 g/mol. The molecule has 164 valence electrons. The molecule has 2 amide bonds. The second kappa shape index (κ2) is 9.12. The number of hydrogen-bond donors (Lipinski definition) is 1. The molecule has 1 aliphatic carbocycles. The highest BCUT2D eigenvalue weighted by molar-refractivity contribution is 5.82. The minimum atomic E-state index is -3.09. The van der Waals surface area contributed by atoms with Gasteiger partial charge in [0, 0.05) is 12.5 Å². The van der Waals surface area contributed by atoms with Gasteiger partial charge < -0.3 is 10.2 Å². The quantitative estimate of drug-likeness (QED) is 0.747. The molecule has 4 rings (SSSR count). The Morgan fingerprint density at radius 1 is 1.03 bits per heavy atom. The molecule has 1 N–H and O–H groups in total. The second-order valence-electron chi connectivity index (χ2n) is 8.35. The summed E-state index contributed by atoms with van der Waals surface area (Å²) >= 11 is 0. The van der Waals surface area contributed by atoms with Gasteiger partial charge in [0.05, 0.1) is 12.1 Å². The predicted molar refractivity (Wildman–Crippen MR) is 111 cm³/mol. The molecule has 0 radical (unpaired) electrons. The van der Waals surface area contributed by atoms with Crippen molar-refractivity contribution in [1.82, 2.24) is 10.2 Å². The van der Waals surface area contributed by atoms with E-state index >= 15 is 0 Å². The monoisotopic (exact) mass is 430 g/mol. The topological polar surface area (TPSA) is 49.4 Å². The standard InChI is InChI=1S/C24H25F3N2O2/c25-19-9-3-8-18(14-19)17-7-1-4-15(12-17)13-21-20(28-23(30)22(26)27)10-11-29(21)24(31)16-5-2-6-16/h1,3-4,7-9,12,14,16,20-22H,2,5-6,10-11,13H2,(H,28,30)/t20-,21-/m0/s1. The molecule has 1 saturated carbocycles. The molecule has 0 unspecified atom stereocenters. The van der Waals surface area contributed by atoms with Gasteiger partial charge >= 0.3 is 6.43 Å². The molecule has 2 aliphatic rings. The number of benzene rings is 2. The second-order valence-corrected chi connectivity index (χ2v) is 8.35. The van der Waals surface area contributed by atoms with Gasteiger partial charge in [-0.05, 0) is 54.5 Å². The Hall–Kier alpha value is -2.83. The molecule has 1 aliphatic heterocycles. The van der Waals surface area contributed by atoms with Gasteiger partial charge in [-0.3, -0.25) is 9.59 Å². The molecule has 31 heavy (non-hydrogen) atoms. The molecule has 2 aromatic carbocycles. The van der Waals surface area contributed by atoms with Crippen molar-refractivity contribution in [3.8, 4) is 11.1 Å². The van der Waals surface area contributed by atoms with E-state index in [4.69, 9.17) is 0 Å². The Bertz CT molecular complexity index is 961. The van der Waals surface area contributed by atoms with Crippen molar-refractivity contribution in [2.75, 3.05) is 6.54 Å². The Morgan fingerprint density at radius 2 is 1.74 bits per heavy atom. The van der Waals surface area contributed by atoms with Crippen LogP contribution in [0.1, 0.15) is 31.2 Å². The fourth-order valence-corrected chi connectivity index (χ4v) is 4.47. The molecule has 1 saturated heterocycles. The van der Waals surface area contributed by atoms with Gasteiger partial charge in [-0.25, -0.2) is 4.39 Å². The van der Waals surface area contributed by atoms with E-state index in [1.165, 1.54) is 12.1 Å². The lowest BCUT2D eigenvalue weighted by atomic mass is 9.84. The highest BCUT2D eigenvalue weighted by atomic mass is 19.3. The van der Waals surface area contributed by atoms with Crippen molar-refractivity contribution in [1.29, 1.82) is 0 Å². The summed E-state index contributed by atoms with van der Waals surface area (Å²) in [7, 11) is 0. The van der Waals surface area contributed by atoms with Crippen molar-refractivity contribution < 1.29 is 22.8 Å². The van der Waals surface area contributed by atoms with Gasteiger partial charge in [-0.1, -0.05) is 42.8 Å². The summed E-state index contributed by atoms with van der Waals surface area (Å²) in [6, 6.07) is 12.9. The number of carbonyl (C=O) groups is 2. The lowest BCUT2D eigenvalue weighted by Crippen LogP contribution is -2.50. The fourth-order valence-electron chi connectivity index (χ4n) is 4.47. The van der Waals surface area contributed by atoms with Gasteiger partial charge in [-0.15, -0.1) is 0 Å². The number of nitrogens with zero attached hydrogens (tertiary/aromatic N) is 1. The molecule has 0 bridgehead atoms. The maximum Gasteiger partial charge on any atom is 0.315 e. The van der Waals surface area contributed by atoms with Gasteiger partial charge in [0.15, 0.2) is 0 Å². The van der Waals surface area contributed by atoms with Crippen LogP contribution in [0.25, 0.3) is 11.1 Å². The maximum atomic E-state index is 13.6. The summed E-state index contributed by atoms with van der Waals surface area (Å²) in [5.74, 6) is -1.59. The lowest BCUT2D eigenvalue weighted by Gasteiger charge is -2.34. The van der Waals surface area contributed by atoms with E-state index in [9.17, 15) is 22.8 Å². The van der Waals surface area contributed by atoms with Crippen LogP contribution in [-0.2, 0) is 16.0 Å². The first-order valence-electron chi connectivity index (χ1n) is 10.7. The van der Waals surface area contributed by atoms with Gasteiger partial charge in [0.2, 0.25) is 5.91 Å². The van der Waals surface area contributed by atoms with Crippen molar-refractivity contribution in [3.63, 3.8) is 0 Å². The largest absolute Gasteiger partial charge is 0.346 e. The van der Waals surface area contributed by atoms with Crippen LogP contribution >= 0.6 is 0 Å². The van der Waals surface area contributed by atoms with E-state index in [-0.39, 0.29) is 17.6 Å². The van der Waals surface area contributed by atoms with Crippen LogP contribution < -0.4 is 5.32 Å². The summed E-state index contributed by atoms with van der Waals surface area (Å²) in [6.07, 6.45) is 0.515. The third-order valence-corrected chi connectivity index (χ3v) is 6.34. The number of nitrogens with one attached hydrogen (secondary N) is 1. The summed E-state index contributed by atoms with van der Waals surface area (Å²) in [5, 5.41) is 2.43. The predicted octanol–water partition coefficient (Wildman–Crippen LogP) is 4.19. The fraction of sp³-hybridized carbons (Fsp3) is 0.417. The van der Waals surface area contributed by atoms with Crippen LogP contribution in [0, 0.1) is 11.7 Å². The Labute approximate surface area is 179 Å². The van der Waals surface area contributed by atoms with Gasteiger partial charge in [0.25, 0.3) is 5.91 Å². The summed E-state index contributed by atoms with van der Waals surface area (Å²) in [5.41, 5.74) is 2.47. The SMILES string of the molecule is O=C(N[C@H]1CCN(C(=O)C2CCC2)[C@H]1Cc1cccc(-c2cccc(F)c2)c1)C(F)F. The van der Waals surface area contributed by atoms with E-state index in [1.807, 2.05) is 30.3 Å². The first-order chi connectivity index (χ1) is 14.9. The number of alkyl halides is 2. The molecule has 2 aromatic rings. The zero-order chi connectivity index (χ0) is 22.0. The first-order valence-corrected chi connectivity index (χ1v) is 10.7. The van der Waals surface area contributed by atoms with E-state index < -0.39 is 24.4 Å². The van der Waals surface area contributed by atoms with E-state index in [0.29, 0.717) is 19.4 Å². The lowest BCUT2D eigenvalue weighted by molar-refractivity contribution is -0.140. The summed E-state index contributed by atoms with van der Waals surface area (Å²) in [6.45, 7) is 0.442. The zero-order valence-electron chi connectivity index (χ0n) is 17.1. The number of carbonyl (C=O) groups excluding carboxylic acids is 2. The first kappa shape index (κ1) is 21.4. The Kier molecular flexibility index (Phi) is 6.30. The molecule has 2 fully saturated rings. The molecule has 1 heterocycles. The normalized spacial score (nSPS) is 21.2. The number of likely N-dealkylation sites (tertiary alicyclic amines) is 1. The molecular formula is C24H25F3N2O2. The third-order valence-electron chi connectivity index (χ3n) is 6.34. The van der Waals surface area contributed by atoms with Crippen molar-refractivity contribution in [3.05, 3.63) is 59.9 Å². The van der Waals surface area contributed by atoms with Crippen LogP contribution in [0.5, 0.6) is 0 Å². The van der Waals surface area contributed by atoms with Crippen LogP contribution in [0.2, 0.25) is 0 Å². The number of amides is 2. The molecule has 0 aromatic heterocycles. The minimum absolute atomic E-state index is 0.00863. The maximum absolute atomic E-state index is 13.6. The van der Waals surface area contributed by atoms with Gasteiger partial charge in [0.1, 0.15) is 5.82 Å². The highest BCUT2D eigenvalue weighted by Gasteiger charge is 2.41. The molecule has 4 nitrogen and oxygen atoms in total. The third kappa shape index (κ3) is 4.75. The van der Waals surface area contributed by atoms with Crippen molar-refractivity contribution in [2.24, 2.45) is 5.92 Å². The number of halogens is 3. The van der Waals surface area contributed by atoms with Gasteiger partial charge in [-0.2, -0.15) is 8.78 Å². The number of hydrogen-bond acceptors (Lipinski definition) is 2. The van der Waals surface area contributed by atoms with Crippen LogP contribution in [0.4, 0.5) is 13.2 Å². The summed E-state index contributed by atoms with van der Waals surface area (Å²) < 4.78 is 39.3. The van der Waals surface area contributed by atoms with Crippen molar-refractivity contribution >= 4 is 11.8 Å². The van der Waals surface area contributed by atoms with Crippen molar-refractivity contribution in [2.45, 2.75) is 50.6 Å². The highest BCUT2D eigenvalue weighted by Crippen LogP contribution is 2.33. The Morgan fingerprint density at radius 3 is 2.39 bits per heavy atom. The van der Waals surface area contributed by atoms with Crippen LogP contribution in [-0.4, -0.2) is 41.8 Å².